The smallest absolute Gasteiger partial charge is 0.340 e. The SMILES string of the molecule is CCOC(=O)c1ccccc1NC(=O)NC(C(=O)O)C(C)CC. The normalized spacial score (nSPS) is 12.8. The van der Waals surface area contributed by atoms with Crippen molar-refractivity contribution in [1.82, 2.24) is 5.32 Å². The van der Waals surface area contributed by atoms with Crippen molar-refractivity contribution in [2.75, 3.05) is 11.9 Å². The van der Waals surface area contributed by atoms with Gasteiger partial charge in [-0.15, -0.1) is 0 Å². The average molecular weight is 322 g/mol. The van der Waals surface area contributed by atoms with Crippen LogP contribution in [0.15, 0.2) is 24.3 Å². The van der Waals surface area contributed by atoms with Crippen molar-refractivity contribution in [3.63, 3.8) is 0 Å². The molecule has 3 N–H and O–H groups in total. The first-order chi connectivity index (χ1) is 10.9. The van der Waals surface area contributed by atoms with Crippen molar-refractivity contribution in [1.29, 1.82) is 0 Å². The second-order valence-corrected chi connectivity index (χ2v) is 5.07. The zero-order valence-electron chi connectivity index (χ0n) is 13.5. The summed E-state index contributed by atoms with van der Waals surface area (Å²) < 4.78 is 4.92. The van der Waals surface area contributed by atoms with Gasteiger partial charge in [0, 0.05) is 0 Å². The standard InChI is InChI=1S/C16H22N2O5/c1-4-10(3)13(14(19)20)18-16(22)17-12-9-7-6-8-11(12)15(21)23-5-2/h6-10,13H,4-5H2,1-3H3,(H,19,20)(H2,17,18,22). The molecular weight excluding hydrogens is 300 g/mol. The monoisotopic (exact) mass is 322 g/mol. The Morgan fingerprint density at radius 2 is 1.87 bits per heavy atom. The van der Waals surface area contributed by atoms with Gasteiger partial charge in [0.15, 0.2) is 0 Å². The molecule has 0 aliphatic carbocycles. The van der Waals surface area contributed by atoms with Crippen LogP contribution in [-0.4, -0.2) is 35.7 Å². The minimum atomic E-state index is -1.10. The van der Waals surface area contributed by atoms with E-state index in [0.29, 0.717) is 6.42 Å². The van der Waals surface area contributed by atoms with Gasteiger partial charge < -0.3 is 20.5 Å². The van der Waals surface area contributed by atoms with Crippen molar-refractivity contribution in [3.05, 3.63) is 29.8 Å². The first-order valence-electron chi connectivity index (χ1n) is 7.47. The summed E-state index contributed by atoms with van der Waals surface area (Å²) in [6.45, 7) is 5.49. The van der Waals surface area contributed by atoms with Crippen LogP contribution in [0.4, 0.5) is 10.5 Å². The van der Waals surface area contributed by atoms with E-state index in [1.54, 1.807) is 32.0 Å². The highest BCUT2D eigenvalue weighted by atomic mass is 16.5. The van der Waals surface area contributed by atoms with Gasteiger partial charge in [-0.05, 0) is 25.0 Å². The third-order valence-electron chi connectivity index (χ3n) is 3.44. The number of urea groups is 1. The molecule has 1 aromatic rings. The molecule has 2 unspecified atom stereocenters. The van der Waals surface area contributed by atoms with Crippen molar-refractivity contribution < 1.29 is 24.2 Å². The maximum atomic E-state index is 12.0. The van der Waals surface area contributed by atoms with Crippen molar-refractivity contribution in [2.24, 2.45) is 5.92 Å². The molecule has 1 aromatic carbocycles. The van der Waals surface area contributed by atoms with Crippen molar-refractivity contribution in [2.45, 2.75) is 33.2 Å². The summed E-state index contributed by atoms with van der Waals surface area (Å²) in [6.07, 6.45) is 0.608. The van der Waals surface area contributed by atoms with Gasteiger partial charge in [0.25, 0.3) is 0 Å². The quantitative estimate of drug-likeness (QED) is 0.669. The third kappa shape index (κ3) is 5.28. The first kappa shape index (κ1) is 18.5. The Labute approximate surface area is 135 Å². The van der Waals surface area contributed by atoms with Gasteiger partial charge >= 0.3 is 18.0 Å². The maximum Gasteiger partial charge on any atom is 0.340 e. The molecule has 0 aliphatic rings. The van der Waals surface area contributed by atoms with E-state index in [2.05, 4.69) is 10.6 Å². The number of hydrogen-bond donors (Lipinski definition) is 3. The first-order valence-corrected chi connectivity index (χ1v) is 7.47. The molecule has 0 aromatic heterocycles. The maximum absolute atomic E-state index is 12.0. The van der Waals surface area contributed by atoms with Crippen LogP contribution in [-0.2, 0) is 9.53 Å². The van der Waals surface area contributed by atoms with E-state index in [0.717, 1.165) is 0 Å². The molecule has 0 heterocycles. The van der Waals surface area contributed by atoms with Gasteiger partial charge in [0.2, 0.25) is 0 Å². The summed E-state index contributed by atoms with van der Waals surface area (Å²) >= 11 is 0. The fraction of sp³-hybridized carbons (Fsp3) is 0.438. The number of nitrogens with one attached hydrogen (secondary N) is 2. The van der Waals surface area contributed by atoms with E-state index in [1.165, 1.54) is 6.07 Å². The number of carbonyl (C=O) groups is 3. The van der Waals surface area contributed by atoms with Crippen LogP contribution in [0.25, 0.3) is 0 Å². The second-order valence-electron chi connectivity index (χ2n) is 5.07. The Kier molecular flexibility index (Phi) is 7.05. The van der Waals surface area contributed by atoms with Crippen LogP contribution in [0, 0.1) is 5.92 Å². The number of ether oxygens (including phenoxy) is 1. The molecule has 23 heavy (non-hydrogen) atoms. The summed E-state index contributed by atoms with van der Waals surface area (Å²) in [5, 5.41) is 14.1. The molecule has 1 rings (SSSR count). The third-order valence-corrected chi connectivity index (χ3v) is 3.44. The van der Waals surface area contributed by atoms with E-state index >= 15 is 0 Å². The largest absolute Gasteiger partial charge is 0.480 e. The van der Waals surface area contributed by atoms with Crippen LogP contribution in [0.5, 0.6) is 0 Å². The molecular formula is C16H22N2O5. The molecule has 0 bridgehead atoms. The number of hydrogen-bond acceptors (Lipinski definition) is 4. The summed E-state index contributed by atoms with van der Waals surface area (Å²) in [4.78, 5) is 35.1. The van der Waals surface area contributed by atoms with E-state index in [1.807, 2.05) is 6.92 Å². The molecule has 2 atom stereocenters. The van der Waals surface area contributed by atoms with E-state index in [-0.39, 0.29) is 23.8 Å². The molecule has 0 saturated carbocycles. The zero-order valence-corrected chi connectivity index (χ0v) is 13.5. The van der Waals surface area contributed by atoms with Gasteiger partial charge in [-0.3, -0.25) is 0 Å². The van der Waals surface area contributed by atoms with Crippen LogP contribution in [0.2, 0.25) is 0 Å². The van der Waals surface area contributed by atoms with Crippen LogP contribution < -0.4 is 10.6 Å². The molecule has 2 amide bonds. The zero-order chi connectivity index (χ0) is 17.4. The van der Waals surface area contributed by atoms with Gasteiger partial charge in [-0.25, -0.2) is 14.4 Å². The summed E-state index contributed by atoms with van der Waals surface area (Å²) in [6, 6.07) is 4.68. The van der Waals surface area contributed by atoms with E-state index in [9.17, 15) is 19.5 Å². The second kappa shape index (κ2) is 8.77. The predicted octanol–water partition coefficient (Wildman–Crippen LogP) is 2.48. The molecule has 0 radical (unpaired) electrons. The highest BCUT2D eigenvalue weighted by Gasteiger charge is 2.25. The lowest BCUT2D eigenvalue weighted by Gasteiger charge is -2.20. The van der Waals surface area contributed by atoms with Crippen LogP contribution >= 0.6 is 0 Å². The fourth-order valence-corrected chi connectivity index (χ4v) is 1.96. The molecule has 0 spiro atoms. The number of esters is 1. The molecule has 126 valence electrons. The van der Waals surface area contributed by atoms with Gasteiger partial charge in [-0.1, -0.05) is 32.4 Å². The number of amides is 2. The lowest BCUT2D eigenvalue weighted by molar-refractivity contribution is -0.140. The Morgan fingerprint density at radius 3 is 2.43 bits per heavy atom. The Morgan fingerprint density at radius 1 is 1.22 bits per heavy atom. The molecule has 0 fully saturated rings. The predicted molar refractivity (Wildman–Crippen MR) is 85.4 cm³/mol. The fourth-order valence-electron chi connectivity index (χ4n) is 1.96. The van der Waals surface area contributed by atoms with Crippen molar-refractivity contribution in [3.8, 4) is 0 Å². The minimum absolute atomic E-state index is 0.208. The van der Waals surface area contributed by atoms with Gasteiger partial charge in [-0.2, -0.15) is 0 Å². The number of carboxylic acids is 1. The number of rotatable bonds is 7. The summed E-state index contributed by atoms with van der Waals surface area (Å²) in [5.74, 6) is -1.88. The number of anilines is 1. The Bertz CT molecular complexity index is 573. The lowest BCUT2D eigenvalue weighted by Crippen LogP contribution is -2.46. The topological polar surface area (TPSA) is 105 Å². The average Bonchev–Trinajstić information content (AvgIpc) is 2.52. The number of benzene rings is 1. The van der Waals surface area contributed by atoms with Crippen LogP contribution in [0.1, 0.15) is 37.6 Å². The molecule has 0 saturated heterocycles. The Hall–Kier alpha value is -2.57. The van der Waals surface area contributed by atoms with E-state index in [4.69, 9.17) is 4.74 Å². The molecule has 7 nitrogen and oxygen atoms in total. The van der Waals surface area contributed by atoms with Crippen LogP contribution in [0.3, 0.4) is 0 Å². The van der Waals surface area contributed by atoms with Gasteiger partial charge in [0.05, 0.1) is 17.9 Å². The minimum Gasteiger partial charge on any atom is -0.480 e. The number of carbonyl (C=O) groups excluding carboxylic acids is 2. The summed E-state index contributed by atoms with van der Waals surface area (Å²) in [5.41, 5.74) is 0.469. The number of carboxylic acid groups (broad SMARTS) is 1. The molecule has 0 aliphatic heterocycles. The highest BCUT2D eigenvalue weighted by Crippen LogP contribution is 2.16. The van der Waals surface area contributed by atoms with Gasteiger partial charge in [0.1, 0.15) is 6.04 Å². The lowest BCUT2D eigenvalue weighted by atomic mass is 9.99. The number of aliphatic carboxylic acids is 1. The highest BCUT2D eigenvalue weighted by molar-refractivity contribution is 6.01. The Balaban J connectivity index is 2.85. The van der Waals surface area contributed by atoms with E-state index < -0.39 is 24.0 Å². The number of para-hydroxylation sites is 1. The molecule has 7 heteroatoms. The van der Waals surface area contributed by atoms with Crippen molar-refractivity contribution >= 4 is 23.7 Å². The summed E-state index contributed by atoms with van der Waals surface area (Å²) in [7, 11) is 0.